The molecule has 2 rings (SSSR count). The molecule has 0 spiro atoms. The van der Waals surface area contributed by atoms with E-state index in [1.54, 1.807) is 11.3 Å². The number of aliphatic hydroxyl groups is 1. The third-order valence-electron chi connectivity index (χ3n) is 3.43. The van der Waals surface area contributed by atoms with E-state index in [9.17, 15) is 5.11 Å². The van der Waals surface area contributed by atoms with E-state index in [0.717, 1.165) is 25.2 Å². The first-order valence-electron chi connectivity index (χ1n) is 7.32. The molecule has 116 valence electrons. The summed E-state index contributed by atoms with van der Waals surface area (Å²) in [5.41, 5.74) is 2.36. The van der Waals surface area contributed by atoms with Crippen LogP contribution in [0.25, 0.3) is 10.6 Å². The molecule has 5 heteroatoms. The highest BCUT2D eigenvalue weighted by Gasteiger charge is 2.20. The van der Waals surface area contributed by atoms with Crippen LogP contribution in [0.15, 0.2) is 23.7 Å². The van der Waals surface area contributed by atoms with Gasteiger partial charge in [0.1, 0.15) is 5.69 Å². The number of aromatic nitrogens is 2. The van der Waals surface area contributed by atoms with Crippen LogP contribution < -0.4 is 5.32 Å². The quantitative estimate of drug-likeness (QED) is 0.826. The van der Waals surface area contributed by atoms with E-state index in [-0.39, 0.29) is 11.5 Å². The number of hydrogen-bond acceptors (Lipinski definition) is 4. The molecule has 0 bridgehead atoms. The Labute approximate surface area is 130 Å². The van der Waals surface area contributed by atoms with Gasteiger partial charge in [0.25, 0.3) is 0 Å². The van der Waals surface area contributed by atoms with Gasteiger partial charge in [0.15, 0.2) is 0 Å². The molecule has 2 aromatic rings. The maximum atomic E-state index is 9.54. The highest BCUT2D eigenvalue weighted by atomic mass is 32.1. The maximum Gasteiger partial charge on any atom is 0.107 e. The normalized spacial score (nSPS) is 13.6. The van der Waals surface area contributed by atoms with Crippen molar-refractivity contribution in [2.24, 2.45) is 12.5 Å². The predicted molar refractivity (Wildman–Crippen MR) is 88.3 cm³/mol. The van der Waals surface area contributed by atoms with Gasteiger partial charge in [0.2, 0.25) is 0 Å². The minimum absolute atomic E-state index is 0.0828. The van der Waals surface area contributed by atoms with Crippen molar-refractivity contribution in [3.05, 3.63) is 29.3 Å². The number of aliphatic hydroxyl groups excluding tert-OH is 1. The molecule has 1 unspecified atom stereocenters. The fourth-order valence-corrected chi connectivity index (χ4v) is 3.44. The molecule has 0 fully saturated rings. The van der Waals surface area contributed by atoms with E-state index in [0.29, 0.717) is 0 Å². The van der Waals surface area contributed by atoms with E-state index in [1.165, 1.54) is 10.4 Å². The van der Waals surface area contributed by atoms with E-state index < -0.39 is 0 Å². The summed E-state index contributed by atoms with van der Waals surface area (Å²) in [5, 5.41) is 19.7. The van der Waals surface area contributed by atoms with Crippen molar-refractivity contribution < 1.29 is 5.11 Å². The number of hydrogen-bond donors (Lipinski definition) is 2. The summed E-state index contributed by atoms with van der Waals surface area (Å²) in [7, 11) is 1.96. The molecular weight excluding hydrogens is 282 g/mol. The second kappa shape index (κ2) is 6.73. The standard InChI is InChI=1S/C16H25N3OS/c1-12(20)8-16(2,3)11-17-9-13-10-19(4)18-15(13)14-6-5-7-21-14/h5-7,10,12,17,20H,8-9,11H2,1-4H3. The van der Waals surface area contributed by atoms with Crippen LogP contribution in [0.4, 0.5) is 0 Å². The third kappa shape index (κ3) is 4.66. The molecule has 0 amide bonds. The van der Waals surface area contributed by atoms with Gasteiger partial charge in [0, 0.05) is 31.9 Å². The number of nitrogens with zero attached hydrogens (tertiary/aromatic N) is 2. The number of thiophene rings is 1. The van der Waals surface area contributed by atoms with Gasteiger partial charge in [0.05, 0.1) is 11.0 Å². The molecule has 4 nitrogen and oxygen atoms in total. The fourth-order valence-electron chi connectivity index (χ4n) is 2.70. The Morgan fingerprint density at radius 3 is 2.86 bits per heavy atom. The molecular formula is C16H25N3OS. The first-order valence-corrected chi connectivity index (χ1v) is 8.20. The minimum atomic E-state index is -0.262. The molecule has 2 aromatic heterocycles. The van der Waals surface area contributed by atoms with Crippen molar-refractivity contribution >= 4 is 11.3 Å². The van der Waals surface area contributed by atoms with Crippen molar-refractivity contribution in [3.63, 3.8) is 0 Å². The zero-order valence-electron chi connectivity index (χ0n) is 13.3. The average molecular weight is 307 g/mol. The van der Waals surface area contributed by atoms with Gasteiger partial charge < -0.3 is 10.4 Å². The molecule has 0 radical (unpaired) electrons. The summed E-state index contributed by atoms with van der Waals surface area (Å²) in [4.78, 5) is 1.20. The van der Waals surface area contributed by atoms with Crippen LogP contribution in [0.3, 0.4) is 0 Å². The maximum absolute atomic E-state index is 9.54. The number of nitrogens with one attached hydrogen (secondary N) is 1. The lowest BCUT2D eigenvalue weighted by Crippen LogP contribution is -2.31. The van der Waals surface area contributed by atoms with Crippen molar-refractivity contribution in [2.45, 2.75) is 39.8 Å². The van der Waals surface area contributed by atoms with Crippen molar-refractivity contribution in [1.29, 1.82) is 0 Å². The first-order chi connectivity index (χ1) is 9.87. The van der Waals surface area contributed by atoms with Crippen LogP contribution in [-0.2, 0) is 13.6 Å². The molecule has 0 aliphatic carbocycles. The Bertz CT molecular complexity index is 558. The van der Waals surface area contributed by atoms with E-state index in [2.05, 4.69) is 48.0 Å². The van der Waals surface area contributed by atoms with E-state index in [4.69, 9.17) is 0 Å². The smallest absolute Gasteiger partial charge is 0.107 e. The number of rotatable bonds is 7. The van der Waals surface area contributed by atoms with Crippen LogP contribution in [0.1, 0.15) is 32.8 Å². The summed E-state index contributed by atoms with van der Waals surface area (Å²) >= 11 is 1.71. The summed E-state index contributed by atoms with van der Waals surface area (Å²) in [5.74, 6) is 0. The summed E-state index contributed by atoms with van der Waals surface area (Å²) in [6.45, 7) is 7.87. The monoisotopic (exact) mass is 307 g/mol. The first kappa shape index (κ1) is 16.2. The Balaban J connectivity index is 1.98. The Hall–Kier alpha value is -1.17. The van der Waals surface area contributed by atoms with Crippen molar-refractivity contribution in [3.8, 4) is 10.6 Å². The second-order valence-electron chi connectivity index (χ2n) is 6.47. The van der Waals surface area contributed by atoms with Crippen molar-refractivity contribution in [2.75, 3.05) is 6.54 Å². The van der Waals surface area contributed by atoms with E-state index >= 15 is 0 Å². The lowest BCUT2D eigenvalue weighted by molar-refractivity contribution is 0.128. The lowest BCUT2D eigenvalue weighted by atomic mass is 9.87. The second-order valence-corrected chi connectivity index (χ2v) is 7.42. The largest absolute Gasteiger partial charge is 0.393 e. The topological polar surface area (TPSA) is 50.1 Å². The fraction of sp³-hybridized carbons (Fsp3) is 0.562. The zero-order valence-corrected chi connectivity index (χ0v) is 14.1. The Morgan fingerprint density at radius 2 is 2.24 bits per heavy atom. The van der Waals surface area contributed by atoms with Crippen LogP contribution >= 0.6 is 11.3 Å². The molecule has 2 heterocycles. The lowest BCUT2D eigenvalue weighted by Gasteiger charge is -2.26. The molecule has 0 aliphatic heterocycles. The number of aryl methyl sites for hydroxylation is 1. The van der Waals surface area contributed by atoms with Crippen LogP contribution in [0.5, 0.6) is 0 Å². The molecule has 21 heavy (non-hydrogen) atoms. The summed E-state index contributed by atoms with van der Waals surface area (Å²) in [6.07, 6.45) is 2.61. The van der Waals surface area contributed by atoms with Crippen LogP contribution in [-0.4, -0.2) is 27.5 Å². The Kier molecular flexibility index (Phi) is 5.19. The molecule has 1 atom stereocenters. The summed E-state index contributed by atoms with van der Waals surface area (Å²) < 4.78 is 1.87. The highest BCUT2D eigenvalue weighted by Crippen LogP contribution is 2.27. The molecule has 0 aliphatic rings. The van der Waals surface area contributed by atoms with Crippen LogP contribution in [0.2, 0.25) is 0 Å². The molecule has 0 saturated carbocycles. The molecule has 0 saturated heterocycles. The van der Waals surface area contributed by atoms with Crippen molar-refractivity contribution in [1.82, 2.24) is 15.1 Å². The summed E-state index contributed by atoms with van der Waals surface area (Å²) in [6, 6.07) is 4.16. The highest BCUT2D eigenvalue weighted by molar-refractivity contribution is 7.13. The van der Waals surface area contributed by atoms with Gasteiger partial charge in [-0.3, -0.25) is 4.68 Å². The predicted octanol–water partition coefficient (Wildman–Crippen LogP) is 3.04. The average Bonchev–Trinajstić information content (AvgIpc) is 2.96. The van der Waals surface area contributed by atoms with Gasteiger partial charge in [-0.2, -0.15) is 5.10 Å². The van der Waals surface area contributed by atoms with Gasteiger partial charge in [-0.1, -0.05) is 19.9 Å². The third-order valence-corrected chi connectivity index (χ3v) is 4.30. The van der Waals surface area contributed by atoms with Gasteiger partial charge in [-0.15, -0.1) is 11.3 Å². The molecule has 2 N–H and O–H groups in total. The SMILES string of the molecule is CC(O)CC(C)(C)CNCc1cn(C)nc1-c1cccs1. The van der Waals surface area contributed by atoms with Gasteiger partial charge >= 0.3 is 0 Å². The minimum Gasteiger partial charge on any atom is -0.393 e. The Morgan fingerprint density at radius 1 is 1.48 bits per heavy atom. The van der Waals surface area contributed by atoms with Gasteiger partial charge in [-0.25, -0.2) is 0 Å². The van der Waals surface area contributed by atoms with E-state index in [1.807, 2.05) is 18.7 Å². The zero-order chi connectivity index (χ0) is 15.5. The van der Waals surface area contributed by atoms with Crippen LogP contribution in [0, 0.1) is 5.41 Å². The molecule has 0 aromatic carbocycles. The van der Waals surface area contributed by atoms with Gasteiger partial charge in [-0.05, 0) is 30.2 Å².